The number of nitrogens with zero attached hydrogens (tertiary/aromatic N) is 5. The highest BCUT2D eigenvalue weighted by Gasteiger charge is 2.15. The van der Waals surface area contributed by atoms with Crippen molar-refractivity contribution in [2.45, 2.75) is 27.3 Å². The molecule has 0 N–H and O–H groups in total. The van der Waals surface area contributed by atoms with Gasteiger partial charge in [0.05, 0.1) is 29.3 Å². The molecule has 0 unspecified atom stereocenters. The fourth-order valence-electron chi connectivity index (χ4n) is 3.43. The molecule has 0 bridgehead atoms. The molecule has 0 aliphatic rings. The van der Waals surface area contributed by atoms with E-state index in [0.29, 0.717) is 6.54 Å². The third kappa shape index (κ3) is 3.61. The average molecular weight is 406 g/mol. The van der Waals surface area contributed by atoms with Gasteiger partial charge in [0.1, 0.15) is 0 Å². The molecule has 0 fully saturated rings. The first-order valence-electron chi connectivity index (χ1n) is 9.41. The summed E-state index contributed by atoms with van der Waals surface area (Å²) >= 11 is 1.59. The molecule has 0 atom stereocenters. The molecule has 7 heteroatoms. The number of hydrogen-bond donors (Lipinski definition) is 0. The van der Waals surface area contributed by atoms with E-state index in [2.05, 4.69) is 10.1 Å². The van der Waals surface area contributed by atoms with E-state index in [0.717, 1.165) is 39.0 Å². The molecule has 0 saturated carbocycles. The van der Waals surface area contributed by atoms with Gasteiger partial charge >= 0.3 is 0 Å². The third-order valence-electron chi connectivity index (χ3n) is 5.07. The maximum atomic E-state index is 12.7. The van der Waals surface area contributed by atoms with Crippen molar-refractivity contribution in [2.75, 3.05) is 7.05 Å². The Morgan fingerprint density at radius 2 is 1.93 bits per heavy atom. The Morgan fingerprint density at radius 3 is 2.69 bits per heavy atom. The second-order valence-electron chi connectivity index (χ2n) is 7.06. The molecule has 3 aromatic heterocycles. The standard InChI is InChI=1S/C22H23N5OS/c1-15-19(17(3)27(24-15)18-8-6-5-7-9-18)10-11-21(28)25(4)14-20-16(2)23-22-26(20)12-13-29-22/h5-13H,14H2,1-4H3/b11-10-. The summed E-state index contributed by atoms with van der Waals surface area (Å²) in [5, 5.41) is 6.64. The Labute approximate surface area is 173 Å². The van der Waals surface area contributed by atoms with Crippen LogP contribution >= 0.6 is 11.3 Å². The van der Waals surface area contributed by atoms with E-state index in [1.807, 2.05) is 84.9 Å². The van der Waals surface area contributed by atoms with Gasteiger partial charge in [0.15, 0.2) is 4.96 Å². The summed E-state index contributed by atoms with van der Waals surface area (Å²) in [5.74, 6) is -0.0548. The van der Waals surface area contributed by atoms with Crippen LogP contribution in [-0.2, 0) is 11.3 Å². The number of aryl methyl sites for hydroxylation is 2. The highest BCUT2D eigenvalue weighted by molar-refractivity contribution is 7.15. The van der Waals surface area contributed by atoms with Gasteiger partial charge < -0.3 is 4.90 Å². The number of hydrogen-bond acceptors (Lipinski definition) is 4. The van der Waals surface area contributed by atoms with Crippen LogP contribution in [0.4, 0.5) is 0 Å². The summed E-state index contributed by atoms with van der Waals surface area (Å²) in [6.07, 6.45) is 5.47. The molecule has 0 radical (unpaired) electrons. The van der Waals surface area contributed by atoms with Gasteiger partial charge in [-0.05, 0) is 39.0 Å². The van der Waals surface area contributed by atoms with Crippen molar-refractivity contribution in [3.05, 3.63) is 76.3 Å². The van der Waals surface area contributed by atoms with Gasteiger partial charge in [-0.2, -0.15) is 5.10 Å². The van der Waals surface area contributed by atoms with Crippen LogP contribution in [0.5, 0.6) is 0 Å². The summed E-state index contributed by atoms with van der Waals surface area (Å²) in [4.78, 5) is 19.9. The minimum atomic E-state index is -0.0548. The molecule has 1 amide bonds. The molecule has 6 nitrogen and oxygen atoms in total. The van der Waals surface area contributed by atoms with Crippen LogP contribution in [0.25, 0.3) is 16.7 Å². The van der Waals surface area contributed by atoms with Crippen molar-refractivity contribution in [3.8, 4) is 5.69 Å². The summed E-state index contributed by atoms with van der Waals surface area (Å²) in [6, 6.07) is 10.00. The highest BCUT2D eigenvalue weighted by Crippen LogP contribution is 2.20. The minimum Gasteiger partial charge on any atom is -0.336 e. The monoisotopic (exact) mass is 405 g/mol. The fraction of sp³-hybridized carbons (Fsp3) is 0.227. The van der Waals surface area contributed by atoms with E-state index in [1.54, 1.807) is 22.3 Å². The quantitative estimate of drug-likeness (QED) is 0.468. The number of likely N-dealkylation sites (N-methyl/N-ethyl adjacent to an activating group) is 1. The molecular formula is C22H23N5OS. The van der Waals surface area contributed by atoms with Crippen molar-refractivity contribution in [1.82, 2.24) is 24.1 Å². The number of aromatic nitrogens is 4. The Bertz CT molecular complexity index is 1200. The zero-order chi connectivity index (χ0) is 20.5. The first-order chi connectivity index (χ1) is 14.0. The SMILES string of the molecule is Cc1nn(-c2ccccc2)c(C)c1/C=C\C(=O)N(C)Cc1c(C)nc2sccn12. The second kappa shape index (κ2) is 7.67. The zero-order valence-corrected chi connectivity index (χ0v) is 17.8. The van der Waals surface area contributed by atoms with Crippen LogP contribution in [-0.4, -0.2) is 37.0 Å². The number of amides is 1. The summed E-state index contributed by atoms with van der Waals surface area (Å²) in [6.45, 7) is 6.47. The maximum Gasteiger partial charge on any atom is 0.246 e. The zero-order valence-electron chi connectivity index (χ0n) is 17.0. The van der Waals surface area contributed by atoms with Gasteiger partial charge in [-0.3, -0.25) is 9.20 Å². The number of carbonyl (C=O) groups is 1. The van der Waals surface area contributed by atoms with Crippen LogP contribution in [0.2, 0.25) is 0 Å². The number of fused-ring (bicyclic) bond motifs is 1. The number of benzene rings is 1. The Balaban J connectivity index is 1.53. The van der Waals surface area contributed by atoms with Gasteiger partial charge in [0.2, 0.25) is 5.91 Å². The van der Waals surface area contributed by atoms with Gasteiger partial charge in [-0.15, -0.1) is 11.3 Å². The van der Waals surface area contributed by atoms with E-state index in [9.17, 15) is 4.79 Å². The Hall–Kier alpha value is -3.19. The largest absolute Gasteiger partial charge is 0.336 e. The first kappa shape index (κ1) is 19.1. The van der Waals surface area contributed by atoms with Gasteiger partial charge in [0.25, 0.3) is 0 Å². The summed E-state index contributed by atoms with van der Waals surface area (Å²) in [7, 11) is 1.81. The lowest BCUT2D eigenvalue weighted by atomic mass is 10.1. The van der Waals surface area contributed by atoms with Crippen molar-refractivity contribution in [3.63, 3.8) is 0 Å². The molecule has 3 heterocycles. The molecular weight excluding hydrogens is 382 g/mol. The van der Waals surface area contributed by atoms with Crippen LogP contribution < -0.4 is 0 Å². The molecule has 0 aliphatic heterocycles. The van der Waals surface area contributed by atoms with Crippen LogP contribution in [0.3, 0.4) is 0 Å². The van der Waals surface area contributed by atoms with Crippen molar-refractivity contribution in [2.24, 2.45) is 0 Å². The highest BCUT2D eigenvalue weighted by atomic mass is 32.1. The number of carbonyl (C=O) groups excluding carboxylic acids is 1. The molecule has 29 heavy (non-hydrogen) atoms. The fourth-order valence-corrected chi connectivity index (χ4v) is 4.21. The number of rotatable bonds is 5. The molecule has 0 saturated heterocycles. The van der Waals surface area contributed by atoms with Crippen LogP contribution in [0, 0.1) is 20.8 Å². The third-order valence-corrected chi connectivity index (χ3v) is 5.82. The lowest BCUT2D eigenvalue weighted by Crippen LogP contribution is -2.25. The lowest BCUT2D eigenvalue weighted by Gasteiger charge is -2.15. The molecule has 0 aliphatic carbocycles. The van der Waals surface area contributed by atoms with E-state index in [1.165, 1.54) is 0 Å². The summed E-state index contributed by atoms with van der Waals surface area (Å²) in [5.41, 5.74) is 5.87. The van der Waals surface area contributed by atoms with E-state index in [-0.39, 0.29) is 5.91 Å². The van der Waals surface area contributed by atoms with Crippen LogP contribution in [0.1, 0.15) is 28.3 Å². The van der Waals surface area contributed by atoms with E-state index in [4.69, 9.17) is 0 Å². The van der Waals surface area contributed by atoms with Gasteiger partial charge in [-0.1, -0.05) is 18.2 Å². The summed E-state index contributed by atoms with van der Waals surface area (Å²) < 4.78 is 3.96. The van der Waals surface area contributed by atoms with Gasteiger partial charge in [-0.25, -0.2) is 9.67 Å². The molecule has 0 spiro atoms. The number of para-hydroxylation sites is 1. The molecule has 148 valence electrons. The second-order valence-corrected chi connectivity index (χ2v) is 7.93. The van der Waals surface area contributed by atoms with Crippen LogP contribution in [0.15, 0.2) is 48.0 Å². The number of imidazole rings is 1. The topological polar surface area (TPSA) is 55.4 Å². The maximum absolute atomic E-state index is 12.7. The van der Waals surface area contributed by atoms with Crippen molar-refractivity contribution in [1.29, 1.82) is 0 Å². The van der Waals surface area contributed by atoms with E-state index < -0.39 is 0 Å². The lowest BCUT2D eigenvalue weighted by molar-refractivity contribution is -0.125. The average Bonchev–Trinajstić information content (AvgIpc) is 3.36. The number of thiazole rings is 1. The Morgan fingerprint density at radius 1 is 1.17 bits per heavy atom. The Kier molecular flexibility index (Phi) is 5.07. The molecule has 1 aromatic carbocycles. The smallest absolute Gasteiger partial charge is 0.246 e. The molecule has 4 rings (SSSR count). The predicted octanol–water partition coefficient (Wildman–Crippen LogP) is 4.18. The van der Waals surface area contributed by atoms with Crippen molar-refractivity contribution >= 4 is 28.3 Å². The predicted molar refractivity (Wildman–Crippen MR) is 116 cm³/mol. The first-order valence-corrected chi connectivity index (χ1v) is 10.3. The van der Waals surface area contributed by atoms with E-state index >= 15 is 0 Å². The van der Waals surface area contributed by atoms with Crippen molar-refractivity contribution < 1.29 is 4.79 Å². The normalized spacial score (nSPS) is 11.6. The molecule has 4 aromatic rings. The minimum absolute atomic E-state index is 0.0548. The van der Waals surface area contributed by atoms with Gasteiger partial charge in [0, 0.05) is 36.0 Å².